The Morgan fingerprint density at radius 1 is 1.15 bits per heavy atom. The number of carbonyl (C=O) groups excluding carboxylic acids is 2. The summed E-state index contributed by atoms with van der Waals surface area (Å²) in [6, 6.07) is 14.4. The van der Waals surface area contributed by atoms with Crippen molar-refractivity contribution in [3.8, 4) is 11.3 Å². The molecule has 202 valence electrons. The molecule has 0 spiro atoms. The second-order valence-electron chi connectivity index (χ2n) is 10.8. The van der Waals surface area contributed by atoms with E-state index in [1.54, 1.807) is 42.0 Å². The van der Waals surface area contributed by atoms with Gasteiger partial charge in [0.15, 0.2) is 0 Å². The van der Waals surface area contributed by atoms with Crippen molar-refractivity contribution in [3.05, 3.63) is 87.9 Å². The standard InChI is InChI=1S/C31H32N2O5S/c1-31(2,3)21-11-13-24-26(16-21)39-29(27(24)28(34)32-17-22-6-5-15-37-22)33-18-23-12-14-25(38-23)19-7-9-20(10-8-19)30(35)36-4/h5-10,12,14-15,18,21H,11,13,16-17H2,1-4H3,(H,32,34)/t21-/m0/s1. The lowest BCUT2D eigenvalue weighted by molar-refractivity contribution is 0.0600. The lowest BCUT2D eigenvalue weighted by Crippen LogP contribution is -2.28. The zero-order valence-corrected chi connectivity index (χ0v) is 23.4. The number of thiophene rings is 1. The van der Waals surface area contributed by atoms with Gasteiger partial charge in [0.25, 0.3) is 5.91 Å². The first kappa shape index (κ1) is 26.7. The number of benzene rings is 1. The van der Waals surface area contributed by atoms with E-state index in [4.69, 9.17) is 18.6 Å². The van der Waals surface area contributed by atoms with Gasteiger partial charge in [0.05, 0.1) is 37.3 Å². The van der Waals surface area contributed by atoms with Crippen molar-refractivity contribution >= 4 is 34.4 Å². The first-order chi connectivity index (χ1) is 18.7. The molecule has 1 aromatic carbocycles. The maximum absolute atomic E-state index is 13.4. The Labute approximate surface area is 231 Å². The van der Waals surface area contributed by atoms with Crippen LogP contribution in [0.25, 0.3) is 11.3 Å². The van der Waals surface area contributed by atoms with Crippen LogP contribution >= 0.6 is 11.3 Å². The lowest BCUT2D eigenvalue weighted by atomic mass is 9.72. The van der Waals surface area contributed by atoms with Gasteiger partial charge in [0.2, 0.25) is 0 Å². The molecule has 4 aromatic rings. The molecule has 1 atom stereocenters. The first-order valence-electron chi connectivity index (χ1n) is 13.0. The van der Waals surface area contributed by atoms with Crippen LogP contribution in [0.2, 0.25) is 0 Å². The van der Waals surface area contributed by atoms with Crippen molar-refractivity contribution in [3.63, 3.8) is 0 Å². The second kappa shape index (κ2) is 11.1. The van der Waals surface area contributed by atoms with E-state index in [-0.39, 0.29) is 17.3 Å². The summed E-state index contributed by atoms with van der Waals surface area (Å²) in [4.78, 5) is 31.1. The molecule has 3 aromatic heterocycles. The number of nitrogens with zero attached hydrogens (tertiary/aromatic N) is 1. The highest BCUT2D eigenvalue weighted by Crippen LogP contribution is 2.45. The summed E-state index contributed by atoms with van der Waals surface area (Å²) < 4.78 is 16.2. The number of furan rings is 2. The van der Waals surface area contributed by atoms with Gasteiger partial charge in [-0.2, -0.15) is 0 Å². The van der Waals surface area contributed by atoms with Crippen LogP contribution in [0.5, 0.6) is 0 Å². The minimum absolute atomic E-state index is 0.143. The number of amides is 1. The van der Waals surface area contributed by atoms with Gasteiger partial charge in [-0.15, -0.1) is 11.3 Å². The third-order valence-corrected chi connectivity index (χ3v) is 8.39. The lowest BCUT2D eigenvalue weighted by Gasteiger charge is -2.33. The van der Waals surface area contributed by atoms with Crippen molar-refractivity contribution in [2.75, 3.05) is 7.11 Å². The van der Waals surface area contributed by atoms with Gasteiger partial charge in [-0.25, -0.2) is 9.79 Å². The van der Waals surface area contributed by atoms with E-state index in [2.05, 4.69) is 26.1 Å². The fourth-order valence-electron chi connectivity index (χ4n) is 4.89. The summed E-state index contributed by atoms with van der Waals surface area (Å²) in [5.74, 6) is 1.96. The second-order valence-corrected chi connectivity index (χ2v) is 11.9. The molecule has 0 saturated heterocycles. The Balaban J connectivity index is 1.40. The molecule has 0 fully saturated rings. The highest BCUT2D eigenvalue weighted by Gasteiger charge is 2.33. The molecule has 0 unspecified atom stereocenters. The molecule has 0 bridgehead atoms. The van der Waals surface area contributed by atoms with Crippen molar-refractivity contribution in [1.82, 2.24) is 5.32 Å². The predicted molar refractivity (Wildman–Crippen MR) is 152 cm³/mol. The Morgan fingerprint density at radius 2 is 1.95 bits per heavy atom. The molecule has 8 heteroatoms. The number of rotatable bonds is 7. The number of nitrogens with one attached hydrogen (secondary N) is 1. The Hall–Kier alpha value is -3.91. The highest BCUT2D eigenvalue weighted by atomic mass is 32.1. The van der Waals surface area contributed by atoms with Gasteiger partial charge >= 0.3 is 5.97 Å². The molecule has 0 aliphatic heterocycles. The zero-order chi connectivity index (χ0) is 27.6. The molecule has 1 aliphatic rings. The van der Waals surface area contributed by atoms with E-state index in [1.165, 1.54) is 12.0 Å². The van der Waals surface area contributed by atoms with E-state index in [9.17, 15) is 9.59 Å². The van der Waals surface area contributed by atoms with Crippen LogP contribution in [0.4, 0.5) is 5.00 Å². The van der Waals surface area contributed by atoms with Crippen molar-refractivity contribution in [1.29, 1.82) is 0 Å². The zero-order valence-electron chi connectivity index (χ0n) is 22.6. The molecular weight excluding hydrogens is 512 g/mol. The van der Waals surface area contributed by atoms with Gasteiger partial charge < -0.3 is 18.9 Å². The molecule has 1 aliphatic carbocycles. The van der Waals surface area contributed by atoms with Gasteiger partial charge in [0, 0.05) is 10.4 Å². The minimum atomic E-state index is -0.384. The van der Waals surface area contributed by atoms with Gasteiger partial charge in [-0.3, -0.25) is 4.79 Å². The number of ether oxygens (including phenoxy) is 1. The average Bonchev–Trinajstić information content (AvgIpc) is 3.69. The van der Waals surface area contributed by atoms with Crippen molar-refractivity contribution < 1.29 is 23.2 Å². The van der Waals surface area contributed by atoms with E-state index >= 15 is 0 Å². The average molecular weight is 545 g/mol. The Morgan fingerprint density at radius 3 is 2.64 bits per heavy atom. The topological polar surface area (TPSA) is 94.0 Å². The molecule has 3 heterocycles. The van der Waals surface area contributed by atoms with Crippen LogP contribution in [0, 0.1) is 11.3 Å². The van der Waals surface area contributed by atoms with Crippen LogP contribution in [-0.4, -0.2) is 25.2 Å². The number of hydrogen-bond acceptors (Lipinski definition) is 7. The van der Waals surface area contributed by atoms with E-state index in [1.807, 2.05) is 30.3 Å². The predicted octanol–water partition coefficient (Wildman–Crippen LogP) is 7.22. The number of aliphatic imine (C=N–C) groups is 1. The number of hydrogen-bond donors (Lipinski definition) is 1. The summed E-state index contributed by atoms with van der Waals surface area (Å²) in [5.41, 5.74) is 3.26. The fraction of sp³-hybridized carbons (Fsp3) is 0.323. The normalized spacial score (nSPS) is 15.3. The van der Waals surface area contributed by atoms with Gasteiger partial charge in [-0.1, -0.05) is 32.9 Å². The van der Waals surface area contributed by atoms with Gasteiger partial charge in [-0.05, 0) is 72.6 Å². The first-order valence-corrected chi connectivity index (χ1v) is 13.8. The molecule has 1 N–H and O–H groups in total. The Bertz CT molecular complexity index is 1490. The maximum Gasteiger partial charge on any atom is 0.337 e. The number of methoxy groups -OCH3 is 1. The third kappa shape index (κ3) is 5.91. The SMILES string of the molecule is COC(=O)c1ccc(-c2ccc(C=Nc3sc4c(c3C(=O)NCc3ccco3)CC[C@H](C(C)(C)C)C4)o2)cc1. The van der Waals surface area contributed by atoms with Crippen LogP contribution in [0.1, 0.15) is 69.9 Å². The molecule has 0 saturated carbocycles. The largest absolute Gasteiger partial charge is 0.467 e. The quantitative estimate of drug-likeness (QED) is 0.196. The molecule has 5 rings (SSSR count). The number of carbonyl (C=O) groups is 2. The highest BCUT2D eigenvalue weighted by molar-refractivity contribution is 7.16. The molecule has 1 amide bonds. The molecule has 0 radical (unpaired) electrons. The van der Waals surface area contributed by atoms with Gasteiger partial charge in [0.1, 0.15) is 22.3 Å². The number of fused-ring (bicyclic) bond motifs is 1. The van der Waals surface area contributed by atoms with Crippen LogP contribution in [0.3, 0.4) is 0 Å². The van der Waals surface area contributed by atoms with Crippen LogP contribution in [0.15, 0.2) is 68.6 Å². The monoisotopic (exact) mass is 544 g/mol. The smallest absolute Gasteiger partial charge is 0.337 e. The van der Waals surface area contributed by atoms with Crippen molar-refractivity contribution in [2.24, 2.45) is 16.3 Å². The summed E-state index contributed by atoms with van der Waals surface area (Å²) >= 11 is 1.59. The molecule has 39 heavy (non-hydrogen) atoms. The summed E-state index contributed by atoms with van der Waals surface area (Å²) in [6.45, 7) is 7.16. The fourth-order valence-corrected chi connectivity index (χ4v) is 6.16. The van der Waals surface area contributed by atoms with Crippen molar-refractivity contribution in [2.45, 2.75) is 46.6 Å². The third-order valence-electron chi connectivity index (χ3n) is 7.23. The molecule has 7 nitrogen and oxygen atoms in total. The maximum atomic E-state index is 13.4. The minimum Gasteiger partial charge on any atom is -0.467 e. The summed E-state index contributed by atoms with van der Waals surface area (Å²) in [5, 5.41) is 3.69. The van der Waals surface area contributed by atoms with Crippen LogP contribution < -0.4 is 5.32 Å². The summed E-state index contributed by atoms with van der Waals surface area (Å²) in [7, 11) is 1.36. The van der Waals surface area contributed by atoms with E-state index < -0.39 is 0 Å². The van der Waals surface area contributed by atoms with Crippen LogP contribution in [-0.2, 0) is 24.1 Å². The van der Waals surface area contributed by atoms with E-state index in [0.717, 1.165) is 30.4 Å². The number of esters is 1. The van der Waals surface area contributed by atoms with E-state index in [0.29, 0.717) is 45.9 Å². The summed E-state index contributed by atoms with van der Waals surface area (Å²) in [6.07, 6.45) is 6.12. The molecular formula is C31H32N2O5S. The Kier molecular flexibility index (Phi) is 7.57.